The minimum atomic E-state index is 0.888. The highest BCUT2D eigenvalue weighted by molar-refractivity contribution is 6.07. The van der Waals surface area contributed by atoms with Gasteiger partial charge in [-0.25, -0.2) is 0 Å². The summed E-state index contributed by atoms with van der Waals surface area (Å²) in [6.07, 6.45) is 3.00. The average Bonchev–Trinajstić information content (AvgIpc) is 2.90. The molecule has 3 rings (SSSR count). The van der Waals surface area contributed by atoms with Crippen LogP contribution in [0.5, 0.6) is 0 Å². The third-order valence-electron chi connectivity index (χ3n) is 2.81. The molecule has 1 aliphatic rings. The summed E-state index contributed by atoms with van der Waals surface area (Å²) in [5.41, 5.74) is 3.43. The van der Waals surface area contributed by atoms with E-state index in [1.54, 1.807) is 0 Å². The van der Waals surface area contributed by atoms with E-state index in [0.29, 0.717) is 0 Å². The van der Waals surface area contributed by atoms with Crippen molar-refractivity contribution in [3.63, 3.8) is 0 Å². The number of hydrogen-bond donors (Lipinski definition) is 0. The lowest BCUT2D eigenvalue weighted by atomic mass is 10.1. The third kappa shape index (κ3) is 2.02. The summed E-state index contributed by atoms with van der Waals surface area (Å²) in [4.78, 5) is 0. The van der Waals surface area contributed by atoms with Crippen LogP contribution in [0.25, 0.3) is 0 Å². The van der Waals surface area contributed by atoms with E-state index >= 15 is 0 Å². The van der Waals surface area contributed by atoms with Crippen LogP contribution in [0.4, 0.5) is 5.69 Å². The van der Waals surface area contributed by atoms with E-state index in [1.807, 2.05) is 41.1 Å². The molecule has 0 fully saturated rings. The van der Waals surface area contributed by atoms with Crippen molar-refractivity contribution in [1.29, 1.82) is 0 Å². The number of benzene rings is 2. The average molecular weight is 221 g/mol. The van der Waals surface area contributed by atoms with Gasteiger partial charge >= 0.3 is 0 Å². The van der Waals surface area contributed by atoms with Gasteiger partial charge in [0.05, 0.1) is 6.42 Å². The molecule has 0 bridgehead atoms. The van der Waals surface area contributed by atoms with E-state index in [4.69, 9.17) is 0 Å². The van der Waals surface area contributed by atoms with E-state index in [0.717, 1.165) is 17.8 Å². The van der Waals surface area contributed by atoms with Gasteiger partial charge in [-0.2, -0.15) is 0 Å². The monoisotopic (exact) mass is 221 g/mol. The maximum atomic E-state index is 4.62. The minimum Gasteiger partial charge on any atom is -0.0622 e. The zero-order chi connectivity index (χ0) is 11.5. The first-order valence-corrected chi connectivity index (χ1v) is 5.74. The number of para-hydroxylation sites is 1. The van der Waals surface area contributed by atoms with Crippen LogP contribution in [0.15, 0.2) is 65.8 Å². The lowest BCUT2D eigenvalue weighted by Crippen LogP contribution is -1.96. The van der Waals surface area contributed by atoms with E-state index in [9.17, 15) is 0 Å². The summed E-state index contributed by atoms with van der Waals surface area (Å²) in [6.45, 7) is 0. The van der Waals surface area contributed by atoms with Crippen LogP contribution in [0.2, 0.25) is 0 Å². The molecule has 0 radical (unpaired) electrons. The standard InChI is InChI=1S/C15H13N2/c1-3-7-13(8-4-1)15-11-12-17(16-15)14-9-5-2-6-10-14/h1-10,12H,11H2/q+1. The zero-order valence-electron chi connectivity index (χ0n) is 9.45. The molecule has 17 heavy (non-hydrogen) atoms. The van der Waals surface area contributed by atoms with Gasteiger partial charge in [0.2, 0.25) is 5.69 Å². The maximum absolute atomic E-state index is 4.62. The van der Waals surface area contributed by atoms with Crippen LogP contribution >= 0.6 is 0 Å². The highest BCUT2D eigenvalue weighted by Gasteiger charge is 2.19. The van der Waals surface area contributed by atoms with Crippen LogP contribution in [0.3, 0.4) is 0 Å². The number of hydrazone groups is 1. The molecule has 0 N–H and O–H groups in total. The Labute approximate surface area is 101 Å². The molecular weight excluding hydrogens is 208 g/mol. The Balaban J connectivity index is 1.91. The minimum absolute atomic E-state index is 0.888. The quantitative estimate of drug-likeness (QED) is 0.692. The van der Waals surface area contributed by atoms with Gasteiger partial charge in [0.15, 0.2) is 6.21 Å². The van der Waals surface area contributed by atoms with Crippen LogP contribution in [0, 0.1) is 0 Å². The van der Waals surface area contributed by atoms with Gasteiger partial charge in [-0.1, -0.05) is 53.2 Å². The third-order valence-corrected chi connectivity index (χ3v) is 2.81. The Hall–Kier alpha value is -2.22. The summed E-state index contributed by atoms with van der Waals surface area (Å²) in [6, 6.07) is 20.5. The van der Waals surface area contributed by atoms with Gasteiger partial charge in [-0.3, -0.25) is 0 Å². The fourth-order valence-corrected chi connectivity index (χ4v) is 1.93. The van der Waals surface area contributed by atoms with Crippen LogP contribution in [0.1, 0.15) is 12.0 Å². The van der Waals surface area contributed by atoms with E-state index in [-0.39, 0.29) is 0 Å². The molecule has 2 aromatic carbocycles. The van der Waals surface area contributed by atoms with E-state index in [1.165, 1.54) is 5.56 Å². The van der Waals surface area contributed by atoms with Gasteiger partial charge in [0.25, 0.3) is 0 Å². The second-order valence-electron chi connectivity index (χ2n) is 3.98. The van der Waals surface area contributed by atoms with Gasteiger partial charge in [-0.15, -0.1) is 0 Å². The molecule has 0 amide bonds. The molecule has 1 aliphatic heterocycles. The smallest absolute Gasteiger partial charge is 0.0622 e. The van der Waals surface area contributed by atoms with Crippen molar-refractivity contribution in [2.45, 2.75) is 6.42 Å². The molecule has 82 valence electrons. The summed E-state index contributed by atoms with van der Waals surface area (Å²) < 4.78 is 1.95. The second-order valence-corrected chi connectivity index (χ2v) is 3.98. The summed E-state index contributed by atoms with van der Waals surface area (Å²) >= 11 is 0. The van der Waals surface area contributed by atoms with Gasteiger partial charge < -0.3 is 0 Å². The van der Waals surface area contributed by atoms with Crippen LogP contribution in [-0.4, -0.2) is 16.6 Å². The fourth-order valence-electron chi connectivity index (χ4n) is 1.93. The molecule has 0 saturated heterocycles. The van der Waals surface area contributed by atoms with Crippen molar-refractivity contribution in [2.24, 2.45) is 5.10 Å². The number of rotatable bonds is 2. The van der Waals surface area contributed by atoms with Crippen molar-refractivity contribution in [1.82, 2.24) is 0 Å². The van der Waals surface area contributed by atoms with Crippen molar-refractivity contribution in [2.75, 3.05) is 0 Å². The Morgan fingerprint density at radius 2 is 1.47 bits per heavy atom. The highest BCUT2D eigenvalue weighted by atomic mass is 15.4. The Kier molecular flexibility index (Phi) is 2.54. The first-order valence-electron chi connectivity index (χ1n) is 5.74. The molecule has 0 atom stereocenters. The molecule has 0 aliphatic carbocycles. The molecule has 1 heterocycles. The number of nitrogens with zero attached hydrogens (tertiary/aromatic N) is 2. The predicted octanol–water partition coefficient (Wildman–Crippen LogP) is 3.21. The second kappa shape index (κ2) is 4.34. The predicted molar refractivity (Wildman–Crippen MR) is 70.0 cm³/mol. The summed E-state index contributed by atoms with van der Waals surface area (Å²) in [5, 5.41) is 4.62. The van der Waals surface area contributed by atoms with Crippen molar-refractivity contribution in [3.05, 3.63) is 66.2 Å². The van der Waals surface area contributed by atoms with Gasteiger partial charge in [-0.05, 0) is 0 Å². The van der Waals surface area contributed by atoms with Gasteiger partial charge in [0.1, 0.15) is 5.71 Å². The van der Waals surface area contributed by atoms with E-state index < -0.39 is 0 Å². The highest BCUT2D eigenvalue weighted by Crippen LogP contribution is 2.16. The molecule has 2 nitrogen and oxygen atoms in total. The zero-order valence-corrected chi connectivity index (χ0v) is 9.45. The Bertz CT molecular complexity index is 568. The van der Waals surface area contributed by atoms with E-state index in [2.05, 4.69) is 35.6 Å². The van der Waals surface area contributed by atoms with Gasteiger partial charge in [0, 0.05) is 22.8 Å². The summed E-state index contributed by atoms with van der Waals surface area (Å²) in [7, 11) is 0. The fraction of sp³-hybridized carbons (Fsp3) is 0.0667. The molecular formula is C15H13N2+. The number of hydrogen-bond acceptors (Lipinski definition) is 1. The largest absolute Gasteiger partial charge is 0.237 e. The molecule has 2 aromatic rings. The van der Waals surface area contributed by atoms with Crippen molar-refractivity contribution >= 4 is 17.6 Å². The SMILES string of the molecule is C1=[N+](c2ccccc2)N=C(c2ccccc2)C1. The topological polar surface area (TPSA) is 15.4 Å². The van der Waals surface area contributed by atoms with Crippen molar-refractivity contribution < 1.29 is 4.68 Å². The molecule has 0 spiro atoms. The first-order chi connectivity index (χ1) is 8.43. The molecule has 0 unspecified atom stereocenters. The van der Waals surface area contributed by atoms with Crippen molar-refractivity contribution in [3.8, 4) is 0 Å². The lowest BCUT2D eigenvalue weighted by molar-refractivity contribution is -0.437. The molecule has 0 saturated carbocycles. The molecule has 0 aromatic heterocycles. The lowest BCUT2D eigenvalue weighted by Gasteiger charge is -1.94. The van der Waals surface area contributed by atoms with Crippen LogP contribution < -0.4 is 0 Å². The Morgan fingerprint density at radius 3 is 2.18 bits per heavy atom. The first kappa shape index (κ1) is 9.97. The Morgan fingerprint density at radius 1 is 0.824 bits per heavy atom. The van der Waals surface area contributed by atoms with Crippen LogP contribution in [-0.2, 0) is 0 Å². The molecule has 2 heteroatoms. The normalized spacial score (nSPS) is 14.4. The summed E-state index contributed by atoms with van der Waals surface area (Å²) in [5.74, 6) is 0. The maximum Gasteiger partial charge on any atom is 0.237 e.